The van der Waals surface area contributed by atoms with Gasteiger partial charge in [0, 0.05) is 0 Å². The molecule has 2 aromatic carbocycles. The number of nitrogens with two attached hydrogens (primary N) is 1. The first kappa shape index (κ1) is 15.7. The fraction of sp³-hybridized carbons (Fsp3) is 0.0769. The summed E-state index contributed by atoms with van der Waals surface area (Å²) in [6.07, 6.45) is 0. The molecule has 0 unspecified atom stereocenters. The van der Waals surface area contributed by atoms with Crippen LogP contribution in [0, 0.1) is 18.6 Å². The summed E-state index contributed by atoms with van der Waals surface area (Å²) < 4.78 is 53.9. The molecule has 0 aliphatic carbocycles. The molecule has 0 radical (unpaired) electrons. The van der Waals surface area contributed by atoms with Gasteiger partial charge in [-0.2, -0.15) is 0 Å². The second-order valence-corrected chi connectivity index (χ2v) is 6.82. The lowest BCUT2D eigenvalue weighted by atomic mass is 10.2. The van der Waals surface area contributed by atoms with Gasteiger partial charge in [-0.25, -0.2) is 17.2 Å². The minimum absolute atomic E-state index is 0.0901. The molecular formula is C13H11BrF2N2O2S. The number of hydrogen-bond donors (Lipinski definition) is 2. The summed E-state index contributed by atoms with van der Waals surface area (Å²) in [5, 5.41) is 0. The molecule has 0 fully saturated rings. The van der Waals surface area contributed by atoms with Crippen molar-refractivity contribution in [3.8, 4) is 0 Å². The van der Waals surface area contributed by atoms with Crippen molar-refractivity contribution in [3.63, 3.8) is 0 Å². The normalized spacial score (nSPS) is 11.4. The van der Waals surface area contributed by atoms with E-state index in [0.29, 0.717) is 5.56 Å². The lowest BCUT2D eigenvalue weighted by Crippen LogP contribution is -2.17. The number of nitrogen functional groups attached to an aromatic ring is 1. The molecule has 0 atom stereocenters. The minimum Gasteiger partial charge on any atom is -0.398 e. The Balaban J connectivity index is 2.50. The molecule has 0 spiro atoms. The van der Waals surface area contributed by atoms with Gasteiger partial charge < -0.3 is 5.73 Å². The average molecular weight is 377 g/mol. The van der Waals surface area contributed by atoms with Crippen molar-refractivity contribution in [1.82, 2.24) is 0 Å². The van der Waals surface area contributed by atoms with Crippen LogP contribution in [0.5, 0.6) is 0 Å². The number of benzene rings is 2. The SMILES string of the molecule is Cc1cc(F)c(Br)cc1NS(=O)(=O)c1c(N)cccc1F. The number of rotatable bonds is 3. The highest BCUT2D eigenvalue weighted by Gasteiger charge is 2.23. The Morgan fingerprint density at radius 2 is 1.86 bits per heavy atom. The molecule has 21 heavy (non-hydrogen) atoms. The lowest BCUT2D eigenvalue weighted by Gasteiger charge is -2.13. The first-order valence-corrected chi connectivity index (χ1v) is 8.02. The van der Waals surface area contributed by atoms with Crippen LogP contribution < -0.4 is 10.5 Å². The molecule has 4 nitrogen and oxygen atoms in total. The van der Waals surface area contributed by atoms with Crippen LogP contribution in [0.3, 0.4) is 0 Å². The van der Waals surface area contributed by atoms with Crippen LogP contribution in [0.1, 0.15) is 5.56 Å². The van der Waals surface area contributed by atoms with Crippen LogP contribution in [-0.4, -0.2) is 8.42 Å². The number of sulfonamides is 1. The van der Waals surface area contributed by atoms with E-state index in [0.717, 1.165) is 12.1 Å². The van der Waals surface area contributed by atoms with Crippen molar-refractivity contribution < 1.29 is 17.2 Å². The smallest absolute Gasteiger partial charge is 0.266 e. The highest BCUT2D eigenvalue weighted by atomic mass is 79.9. The molecule has 0 aliphatic heterocycles. The van der Waals surface area contributed by atoms with Crippen LogP contribution in [-0.2, 0) is 10.0 Å². The van der Waals surface area contributed by atoms with Gasteiger partial charge in [-0.1, -0.05) is 6.07 Å². The zero-order chi connectivity index (χ0) is 15.8. The van der Waals surface area contributed by atoms with E-state index in [1.54, 1.807) is 0 Å². The summed E-state index contributed by atoms with van der Waals surface area (Å²) in [5.41, 5.74) is 5.80. The molecule has 2 rings (SSSR count). The van der Waals surface area contributed by atoms with Gasteiger partial charge in [0.15, 0.2) is 0 Å². The molecule has 3 N–H and O–H groups in total. The Kier molecular flexibility index (Phi) is 4.20. The standard InChI is InChI=1S/C13H11BrF2N2O2S/c1-7-5-10(16)8(14)6-12(7)18-21(19,20)13-9(15)3-2-4-11(13)17/h2-6,18H,17H2,1H3. The topological polar surface area (TPSA) is 72.2 Å². The summed E-state index contributed by atoms with van der Waals surface area (Å²) in [6.45, 7) is 1.53. The van der Waals surface area contributed by atoms with E-state index in [2.05, 4.69) is 20.7 Å². The van der Waals surface area contributed by atoms with Crippen LogP contribution in [0.4, 0.5) is 20.2 Å². The third-order valence-corrected chi connectivity index (χ3v) is 4.84. The van der Waals surface area contributed by atoms with E-state index in [-0.39, 0.29) is 15.8 Å². The summed E-state index contributed by atoms with van der Waals surface area (Å²) in [7, 11) is -4.22. The van der Waals surface area contributed by atoms with Crippen molar-refractivity contribution in [1.29, 1.82) is 0 Å². The molecule has 0 amide bonds. The van der Waals surface area contributed by atoms with Gasteiger partial charge in [-0.15, -0.1) is 0 Å². The predicted octanol–water partition coefficient (Wildman–Crippen LogP) is 3.42. The maximum absolute atomic E-state index is 13.7. The molecule has 8 heteroatoms. The third kappa shape index (κ3) is 3.16. The molecule has 0 bridgehead atoms. The van der Waals surface area contributed by atoms with Crippen LogP contribution in [0.25, 0.3) is 0 Å². The highest BCUT2D eigenvalue weighted by molar-refractivity contribution is 9.10. The van der Waals surface area contributed by atoms with Gasteiger partial charge in [0.2, 0.25) is 0 Å². The van der Waals surface area contributed by atoms with Crippen LogP contribution in [0.2, 0.25) is 0 Å². The van der Waals surface area contributed by atoms with Gasteiger partial charge in [-0.05, 0) is 52.7 Å². The van der Waals surface area contributed by atoms with Crippen LogP contribution in [0.15, 0.2) is 39.7 Å². The van der Waals surface area contributed by atoms with Crippen molar-refractivity contribution in [2.45, 2.75) is 11.8 Å². The van der Waals surface area contributed by atoms with E-state index in [1.807, 2.05) is 0 Å². The van der Waals surface area contributed by atoms with Gasteiger partial charge >= 0.3 is 0 Å². The van der Waals surface area contributed by atoms with E-state index < -0.39 is 26.6 Å². The fourth-order valence-corrected chi connectivity index (χ4v) is 3.42. The second-order valence-electron chi connectivity index (χ2n) is 4.34. The molecule has 2 aromatic rings. The van der Waals surface area contributed by atoms with Gasteiger partial charge in [0.05, 0.1) is 15.8 Å². The molecule has 0 heterocycles. The molecule has 0 aromatic heterocycles. The molecular weight excluding hydrogens is 366 g/mol. The average Bonchev–Trinajstić information content (AvgIpc) is 2.35. The number of halogens is 3. The van der Waals surface area contributed by atoms with Crippen molar-refractivity contribution in [2.24, 2.45) is 0 Å². The molecule has 0 saturated heterocycles. The quantitative estimate of drug-likeness (QED) is 0.806. The number of hydrogen-bond acceptors (Lipinski definition) is 3. The Hall–Kier alpha value is -1.67. The van der Waals surface area contributed by atoms with Gasteiger partial charge in [0.25, 0.3) is 10.0 Å². The number of anilines is 2. The largest absolute Gasteiger partial charge is 0.398 e. The fourth-order valence-electron chi connectivity index (χ4n) is 1.76. The zero-order valence-corrected chi connectivity index (χ0v) is 13.2. The van der Waals surface area contributed by atoms with Crippen LogP contribution >= 0.6 is 15.9 Å². The Morgan fingerprint density at radius 1 is 1.19 bits per heavy atom. The summed E-state index contributed by atoms with van der Waals surface area (Å²) >= 11 is 2.96. The Bertz CT molecular complexity index is 790. The highest BCUT2D eigenvalue weighted by Crippen LogP contribution is 2.28. The van der Waals surface area contributed by atoms with E-state index in [9.17, 15) is 17.2 Å². The van der Waals surface area contributed by atoms with Crippen molar-refractivity contribution in [3.05, 3.63) is 52.0 Å². The minimum atomic E-state index is -4.22. The number of aryl methyl sites for hydroxylation is 1. The van der Waals surface area contributed by atoms with E-state index in [4.69, 9.17) is 5.73 Å². The molecule has 0 saturated carbocycles. The lowest BCUT2D eigenvalue weighted by molar-refractivity contribution is 0.571. The summed E-state index contributed by atoms with van der Waals surface area (Å²) in [5.74, 6) is -1.48. The summed E-state index contributed by atoms with van der Waals surface area (Å²) in [4.78, 5) is -0.634. The van der Waals surface area contributed by atoms with Crippen molar-refractivity contribution in [2.75, 3.05) is 10.5 Å². The third-order valence-electron chi connectivity index (χ3n) is 2.78. The summed E-state index contributed by atoms with van der Waals surface area (Å²) in [6, 6.07) is 6.01. The first-order chi connectivity index (χ1) is 9.72. The zero-order valence-electron chi connectivity index (χ0n) is 10.8. The molecule has 0 aliphatic rings. The van der Waals surface area contributed by atoms with Gasteiger partial charge in [0.1, 0.15) is 16.5 Å². The Morgan fingerprint density at radius 3 is 2.48 bits per heavy atom. The number of nitrogens with one attached hydrogen (secondary N) is 1. The van der Waals surface area contributed by atoms with Crippen molar-refractivity contribution >= 4 is 37.3 Å². The maximum Gasteiger partial charge on any atom is 0.266 e. The first-order valence-electron chi connectivity index (χ1n) is 5.75. The predicted molar refractivity (Wildman–Crippen MR) is 80.5 cm³/mol. The monoisotopic (exact) mass is 376 g/mol. The van der Waals surface area contributed by atoms with E-state index in [1.165, 1.54) is 25.1 Å². The molecule has 112 valence electrons. The van der Waals surface area contributed by atoms with Gasteiger partial charge in [-0.3, -0.25) is 4.72 Å². The maximum atomic E-state index is 13.7. The second kappa shape index (κ2) is 5.61. The Labute approximate surface area is 129 Å². The van der Waals surface area contributed by atoms with E-state index >= 15 is 0 Å².